The fourth-order valence-electron chi connectivity index (χ4n) is 1.12. The molecule has 0 fully saturated rings. The molecule has 1 rings (SSSR count). The molecule has 0 heterocycles. The molecule has 2 nitrogen and oxygen atoms in total. The van der Waals surface area contributed by atoms with Crippen molar-refractivity contribution >= 4 is 28.3 Å². The van der Waals surface area contributed by atoms with Crippen LogP contribution in [-0.4, -0.2) is 11.7 Å². The van der Waals surface area contributed by atoms with Crippen molar-refractivity contribution in [2.45, 2.75) is 13.0 Å². The van der Waals surface area contributed by atoms with Gasteiger partial charge in [-0.25, -0.2) is 4.39 Å². The Balaban J connectivity index is 0.00000169. The van der Waals surface area contributed by atoms with Gasteiger partial charge in [0.2, 0.25) is 0 Å². The number of benzene rings is 1. The van der Waals surface area contributed by atoms with E-state index in [4.69, 9.17) is 10.8 Å². The van der Waals surface area contributed by atoms with E-state index in [1.54, 1.807) is 19.1 Å². The number of halogens is 3. The fourth-order valence-corrected chi connectivity index (χ4v) is 1.71. The normalized spacial score (nSPS) is 12.1. The first-order chi connectivity index (χ1) is 6.06. The summed E-state index contributed by atoms with van der Waals surface area (Å²) in [6, 6.07) is 2.60. The van der Waals surface area contributed by atoms with Crippen LogP contribution in [0, 0.1) is 12.7 Å². The third-order valence-corrected chi connectivity index (χ3v) is 2.30. The lowest BCUT2D eigenvalue weighted by Gasteiger charge is -2.11. The summed E-state index contributed by atoms with van der Waals surface area (Å²) in [5.74, 6) is -0.343. The highest BCUT2D eigenvalue weighted by Crippen LogP contribution is 2.23. The fraction of sp³-hybridized carbons (Fsp3) is 0.333. The van der Waals surface area contributed by atoms with E-state index in [2.05, 4.69) is 15.9 Å². The van der Waals surface area contributed by atoms with E-state index in [1.807, 2.05) is 0 Å². The van der Waals surface area contributed by atoms with Gasteiger partial charge in [0, 0.05) is 10.0 Å². The lowest BCUT2D eigenvalue weighted by atomic mass is 10.0. The summed E-state index contributed by atoms with van der Waals surface area (Å²) >= 11 is 3.24. The second-order valence-corrected chi connectivity index (χ2v) is 3.83. The van der Waals surface area contributed by atoms with Crippen LogP contribution < -0.4 is 5.73 Å². The van der Waals surface area contributed by atoms with Crippen LogP contribution in [0.2, 0.25) is 0 Å². The molecule has 0 saturated heterocycles. The quantitative estimate of drug-likeness (QED) is 0.875. The van der Waals surface area contributed by atoms with E-state index >= 15 is 0 Å². The first-order valence-electron chi connectivity index (χ1n) is 3.88. The predicted octanol–water partition coefficient (Wildman–Crippen LogP) is 2.31. The molecule has 0 amide bonds. The predicted molar refractivity (Wildman–Crippen MR) is 60.1 cm³/mol. The molecule has 80 valence electrons. The largest absolute Gasteiger partial charge is 0.394 e. The average molecular weight is 285 g/mol. The molecular formula is C9H12BrClFNO. The van der Waals surface area contributed by atoms with Gasteiger partial charge in [-0.05, 0) is 24.6 Å². The van der Waals surface area contributed by atoms with Crippen molar-refractivity contribution in [2.75, 3.05) is 6.61 Å². The van der Waals surface area contributed by atoms with Gasteiger partial charge in [0.15, 0.2) is 0 Å². The third kappa shape index (κ3) is 2.92. The van der Waals surface area contributed by atoms with E-state index in [0.717, 1.165) is 4.47 Å². The van der Waals surface area contributed by atoms with Gasteiger partial charge in [-0.1, -0.05) is 15.9 Å². The van der Waals surface area contributed by atoms with Gasteiger partial charge < -0.3 is 10.8 Å². The van der Waals surface area contributed by atoms with Gasteiger partial charge >= 0.3 is 0 Å². The van der Waals surface area contributed by atoms with Crippen molar-refractivity contribution in [1.82, 2.24) is 0 Å². The van der Waals surface area contributed by atoms with Crippen molar-refractivity contribution in [3.8, 4) is 0 Å². The number of aliphatic hydroxyl groups excluding tert-OH is 1. The molecule has 1 aromatic rings. The Morgan fingerprint density at radius 3 is 2.64 bits per heavy atom. The van der Waals surface area contributed by atoms with Crippen molar-refractivity contribution in [1.29, 1.82) is 0 Å². The van der Waals surface area contributed by atoms with Crippen LogP contribution in [0.5, 0.6) is 0 Å². The zero-order valence-corrected chi connectivity index (χ0v) is 10.0. The summed E-state index contributed by atoms with van der Waals surface area (Å²) in [6.07, 6.45) is 0. The zero-order valence-electron chi connectivity index (χ0n) is 7.63. The first kappa shape index (κ1) is 13.8. The maximum Gasteiger partial charge on any atom is 0.131 e. The minimum absolute atomic E-state index is 0. The van der Waals surface area contributed by atoms with Crippen molar-refractivity contribution in [3.05, 3.63) is 33.5 Å². The summed E-state index contributed by atoms with van der Waals surface area (Å²) in [7, 11) is 0. The molecule has 0 aliphatic carbocycles. The minimum Gasteiger partial charge on any atom is -0.394 e. The first-order valence-corrected chi connectivity index (χ1v) is 4.67. The smallest absolute Gasteiger partial charge is 0.131 e. The molecule has 0 unspecified atom stereocenters. The van der Waals surface area contributed by atoms with Crippen LogP contribution in [0.4, 0.5) is 4.39 Å². The van der Waals surface area contributed by atoms with Crippen molar-refractivity contribution < 1.29 is 9.50 Å². The second-order valence-electron chi connectivity index (χ2n) is 2.91. The topological polar surface area (TPSA) is 46.2 Å². The summed E-state index contributed by atoms with van der Waals surface area (Å²) in [6.45, 7) is 1.40. The van der Waals surface area contributed by atoms with E-state index in [9.17, 15) is 4.39 Å². The molecular weight excluding hydrogens is 272 g/mol. The Morgan fingerprint density at radius 1 is 1.57 bits per heavy atom. The summed E-state index contributed by atoms with van der Waals surface area (Å²) in [5, 5.41) is 8.79. The molecule has 0 spiro atoms. The van der Waals surface area contributed by atoms with Gasteiger partial charge in [-0.15, -0.1) is 12.4 Å². The van der Waals surface area contributed by atoms with E-state index in [-0.39, 0.29) is 24.8 Å². The Kier molecular flexibility index (Phi) is 5.59. The number of nitrogens with two attached hydrogens (primary N) is 1. The van der Waals surface area contributed by atoms with E-state index in [0.29, 0.717) is 11.1 Å². The van der Waals surface area contributed by atoms with Crippen molar-refractivity contribution in [2.24, 2.45) is 5.73 Å². The monoisotopic (exact) mass is 283 g/mol. The van der Waals surface area contributed by atoms with E-state index < -0.39 is 6.04 Å². The molecule has 0 bridgehead atoms. The SMILES string of the molecule is Cc1cc(Br)cc([C@@H](N)CO)c1F.Cl. The molecule has 0 aliphatic heterocycles. The van der Waals surface area contributed by atoms with Crippen molar-refractivity contribution in [3.63, 3.8) is 0 Å². The second kappa shape index (κ2) is 5.66. The maximum absolute atomic E-state index is 13.4. The molecule has 0 aliphatic rings. The summed E-state index contributed by atoms with van der Waals surface area (Å²) in [5.41, 5.74) is 6.39. The Morgan fingerprint density at radius 2 is 2.14 bits per heavy atom. The van der Waals surface area contributed by atoms with Gasteiger partial charge in [0.25, 0.3) is 0 Å². The number of rotatable bonds is 2. The van der Waals surface area contributed by atoms with Gasteiger partial charge in [-0.3, -0.25) is 0 Å². The Hall–Kier alpha value is -0.160. The number of aryl methyl sites for hydroxylation is 1. The molecule has 14 heavy (non-hydrogen) atoms. The average Bonchev–Trinajstić information content (AvgIpc) is 2.10. The number of hydrogen-bond donors (Lipinski definition) is 2. The molecule has 1 atom stereocenters. The molecule has 0 radical (unpaired) electrons. The lowest BCUT2D eigenvalue weighted by molar-refractivity contribution is 0.265. The van der Waals surface area contributed by atoms with Gasteiger partial charge in [-0.2, -0.15) is 0 Å². The summed E-state index contributed by atoms with van der Waals surface area (Å²) in [4.78, 5) is 0. The number of hydrogen-bond acceptors (Lipinski definition) is 2. The highest BCUT2D eigenvalue weighted by molar-refractivity contribution is 9.10. The number of aliphatic hydroxyl groups is 1. The lowest BCUT2D eigenvalue weighted by Crippen LogP contribution is -2.16. The highest BCUT2D eigenvalue weighted by atomic mass is 79.9. The highest BCUT2D eigenvalue weighted by Gasteiger charge is 2.13. The summed E-state index contributed by atoms with van der Waals surface area (Å²) < 4.78 is 14.2. The van der Waals surface area contributed by atoms with Crippen LogP contribution in [0.1, 0.15) is 17.2 Å². The Bertz CT molecular complexity index is 322. The van der Waals surface area contributed by atoms with E-state index in [1.165, 1.54) is 0 Å². The maximum atomic E-state index is 13.4. The minimum atomic E-state index is -0.656. The Labute approximate surface area is 96.8 Å². The van der Waals surface area contributed by atoms with Crippen LogP contribution >= 0.6 is 28.3 Å². The standard InChI is InChI=1S/C9H11BrFNO.ClH/c1-5-2-6(10)3-7(9(5)11)8(12)4-13;/h2-3,8,13H,4,12H2,1H3;1H/t8-;/m0./s1. The van der Waals surface area contributed by atoms with Gasteiger partial charge in [0.1, 0.15) is 5.82 Å². The third-order valence-electron chi connectivity index (χ3n) is 1.84. The molecule has 0 saturated carbocycles. The molecule has 1 aromatic carbocycles. The van der Waals surface area contributed by atoms with Gasteiger partial charge in [0.05, 0.1) is 12.6 Å². The molecule has 3 N–H and O–H groups in total. The van der Waals surface area contributed by atoms with Crippen LogP contribution in [-0.2, 0) is 0 Å². The zero-order chi connectivity index (χ0) is 10.0. The molecule has 0 aromatic heterocycles. The van der Waals surface area contributed by atoms with Crippen LogP contribution in [0.15, 0.2) is 16.6 Å². The van der Waals surface area contributed by atoms with Crippen LogP contribution in [0.25, 0.3) is 0 Å². The van der Waals surface area contributed by atoms with Crippen LogP contribution in [0.3, 0.4) is 0 Å². The molecule has 5 heteroatoms.